The maximum atomic E-state index is 8.09. The third kappa shape index (κ3) is 1.89. The van der Waals surface area contributed by atoms with Gasteiger partial charge in [-0.05, 0) is 5.41 Å². The van der Waals surface area contributed by atoms with Crippen LogP contribution in [-0.2, 0) is 0 Å². The zero-order valence-corrected chi connectivity index (χ0v) is 5.45. The minimum atomic E-state index is 0.0972. The van der Waals surface area contributed by atoms with E-state index in [4.69, 9.17) is 5.21 Å². The molecule has 1 heterocycles. The molecule has 1 aliphatic heterocycles. The zero-order chi connectivity index (χ0) is 6.53. The number of hydrogen-bond acceptors (Lipinski definition) is 4. The first kappa shape index (κ1) is 6.35. The Kier molecular flexibility index (Phi) is 2.32. The van der Waals surface area contributed by atoms with Gasteiger partial charge in [-0.2, -0.15) is 0 Å². The van der Waals surface area contributed by atoms with Crippen LogP contribution in [0.15, 0.2) is 21.8 Å². The molecule has 1 unspecified atom stereocenters. The Morgan fingerprint density at radius 3 is 3.22 bits per heavy atom. The van der Waals surface area contributed by atoms with Crippen LogP contribution in [0.5, 0.6) is 0 Å². The highest BCUT2D eigenvalue weighted by Gasteiger charge is 2.01. The summed E-state index contributed by atoms with van der Waals surface area (Å²) in [6.45, 7) is 0. The summed E-state index contributed by atoms with van der Waals surface area (Å²) in [5.74, 6) is 0. The van der Waals surface area contributed by atoms with Crippen molar-refractivity contribution in [1.29, 1.82) is 0 Å². The van der Waals surface area contributed by atoms with Crippen molar-refractivity contribution in [3.05, 3.63) is 11.6 Å². The van der Waals surface area contributed by atoms with E-state index in [-0.39, 0.29) is 5.25 Å². The lowest BCUT2D eigenvalue weighted by Crippen LogP contribution is -2.05. The molecule has 48 valence electrons. The van der Waals surface area contributed by atoms with Gasteiger partial charge in [-0.1, -0.05) is 0 Å². The van der Waals surface area contributed by atoms with E-state index in [1.807, 2.05) is 5.41 Å². The molecule has 0 fully saturated rings. The topological polar surface area (TPSA) is 45.0 Å². The Balaban J connectivity index is 2.46. The van der Waals surface area contributed by atoms with Gasteiger partial charge in [0.2, 0.25) is 0 Å². The molecule has 3 nitrogen and oxygen atoms in total. The normalized spacial score (nSPS) is 25.6. The highest BCUT2D eigenvalue weighted by atomic mass is 32.2. The van der Waals surface area contributed by atoms with Gasteiger partial charge in [0.25, 0.3) is 0 Å². The van der Waals surface area contributed by atoms with E-state index in [9.17, 15) is 0 Å². The Labute approximate surface area is 57.2 Å². The number of thioether (sulfide) groups is 1. The summed E-state index contributed by atoms with van der Waals surface area (Å²) >= 11 is 1.55. The zero-order valence-electron chi connectivity index (χ0n) is 4.64. The van der Waals surface area contributed by atoms with Crippen LogP contribution >= 0.6 is 11.8 Å². The molecule has 0 aromatic carbocycles. The van der Waals surface area contributed by atoms with E-state index in [0.717, 1.165) is 0 Å². The Bertz CT molecular complexity index is 164. The molecule has 9 heavy (non-hydrogen) atoms. The number of rotatable bonds is 1. The molecule has 1 rings (SSSR count). The Morgan fingerprint density at radius 1 is 1.78 bits per heavy atom. The predicted octanol–water partition coefficient (Wildman–Crippen LogP) is 1.10. The summed E-state index contributed by atoms with van der Waals surface area (Å²) in [7, 11) is 0. The molecular formula is C5H6N2OS. The van der Waals surface area contributed by atoms with Crippen LogP contribution < -0.4 is 0 Å². The molecule has 0 spiro atoms. The lowest BCUT2D eigenvalue weighted by Gasteiger charge is -2.01. The number of nitrogens with zero attached hydrogens (tertiary/aromatic N) is 2. The van der Waals surface area contributed by atoms with Gasteiger partial charge >= 0.3 is 0 Å². The predicted molar refractivity (Wildman–Crippen MR) is 39.3 cm³/mol. The average molecular weight is 142 g/mol. The van der Waals surface area contributed by atoms with Crippen molar-refractivity contribution in [2.75, 3.05) is 0 Å². The second-order valence-electron chi connectivity index (χ2n) is 1.45. The van der Waals surface area contributed by atoms with Gasteiger partial charge in [-0.3, -0.25) is 4.99 Å². The van der Waals surface area contributed by atoms with E-state index < -0.39 is 0 Å². The van der Waals surface area contributed by atoms with E-state index in [1.54, 1.807) is 24.2 Å². The molecule has 0 saturated heterocycles. The molecule has 1 aliphatic rings. The average Bonchev–Trinajstić information content (AvgIpc) is 1.91. The van der Waals surface area contributed by atoms with Gasteiger partial charge in [0.15, 0.2) is 0 Å². The molecule has 0 saturated carbocycles. The smallest absolute Gasteiger partial charge is 0.0827 e. The minimum absolute atomic E-state index is 0.0972. The van der Waals surface area contributed by atoms with Crippen LogP contribution in [0, 0.1) is 0 Å². The molecule has 1 atom stereocenters. The fourth-order valence-corrected chi connectivity index (χ4v) is 1.06. The third-order valence-electron chi connectivity index (χ3n) is 0.829. The lowest BCUT2D eigenvalue weighted by atomic mass is 10.5. The minimum Gasteiger partial charge on any atom is -0.411 e. The molecular weight excluding hydrogens is 136 g/mol. The first-order valence-electron chi connectivity index (χ1n) is 2.45. The monoisotopic (exact) mass is 142 g/mol. The molecule has 0 amide bonds. The van der Waals surface area contributed by atoms with Crippen molar-refractivity contribution in [2.24, 2.45) is 10.1 Å². The second kappa shape index (κ2) is 3.29. The summed E-state index contributed by atoms with van der Waals surface area (Å²) in [6.07, 6.45) is 4.84. The summed E-state index contributed by atoms with van der Waals surface area (Å²) in [5, 5.41) is 12.9. The van der Waals surface area contributed by atoms with Crippen LogP contribution in [0.2, 0.25) is 0 Å². The van der Waals surface area contributed by atoms with Crippen LogP contribution in [0.4, 0.5) is 0 Å². The van der Waals surface area contributed by atoms with E-state index >= 15 is 0 Å². The Hall–Kier alpha value is -0.770. The van der Waals surface area contributed by atoms with Crippen molar-refractivity contribution >= 4 is 24.2 Å². The van der Waals surface area contributed by atoms with E-state index in [0.29, 0.717) is 0 Å². The maximum Gasteiger partial charge on any atom is 0.0827 e. The Morgan fingerprint density at radius 2 is 2.67 bits per heavy atom. The second-order valence-corrected chi connectivity index (χ2v) is 2.54. The number of aliphatic imine (C=N–C) groups is 1. The maximum absolute atomic E-state index is 8.09. The quantitative estimate of drug-likeness (QED) is 0.338. The summed E-state index contributed by atoms with van der Waals surface area (Å²) < 4.78 is 0. The highest BCUT2D eigenvalue weighted by Crippen LogP contribution is 2.12. The van der Waals surface area contributed by atoms with Gasteiger partial charge in [0.1, 0.15) is 0 Å². The first-order valence-corrected chi connectivity index (χ1v) is 3.39. The summed E-state index contributed by atoms with van der Waals surface area (Å²) in [5.41, 5.74) is 0. The van der Waals surface area contributed by atoms with Gasteiger partial charge in [-0.15, -0.1) is 16.9 Å². The van der Waals surface area contributed by atoms with Crippen LogP contribution in [-0.4, -0.2) is 22.9 Å². The van der Waals surface area contributed by atoms with Crippen molar-refractivity contribution in [1.82, 2.24) is 0 Å². The lowest BCUT2D eigenvalue weighted by molar-refractivity contribution is 0.321. The van der Waals surface area contributed by atoms with Crippen molar-refractivity contribution in [3.8, 4) is 0 Å². The molecule has 0 aromatic heterocycles. The fourth-order valence-electron chi connectivity index (χ4n) is 0.470. The molecule has 4 heteroatoms. The van der Waals surface area contributed by atoms with Crippen LogP contribution in [0.25, 0.3) is 0 Å². The van der Waals surface area contributed by atoms with Crippen LogP contribution in [0.3, 0.4) is 0 Å². The SMILES string of the molecule is ON=CC1C=NC=CS1. The van der Waals surface area contributed by atoms with Gasteiger partial charge < -0.3 is 5.21 Å². The highest BCUT2D eigenvalue weighted by molar-refractivity contribution is 8.04. The molecule has 0 aliphatic carbocycles. The van der Waals surface area contributed by atoms with Gasteiger partial charge in [0, 0.05) is 12.4 Å². The summed E-state index contributed by atoms with van der Waals surface area (Å²) in [4.78, 5) is 3.85. The van der Waals surface area contributed by atoms with Gasteiger partial charge in [-0.25, -0.2) is 0 Å². The number of oxime groups is 1. The summed E-state index contributed by atoms with van der Waals surface area (Å²) in [6, 6.07) is 0. The van der Waals surface area contributed by atoms with E-state index in [1.165, 1.54) is 6.21 Å². The standard InChI is InChI=1S/C5H6N2OS/c8-7-4-5-3-6-1-2-9-5/h1-5,8H. The van der Waals surface area contributed by atoms with Gasteiger partial charge in [0.05, 0.1) is 11.5 Å². The fraction of sp³-hybridized carbons (Fsp3) is 0.200. The molecule has 0 radical (unpaired) electrons. The van der Waals surface area contributed by atoms with E-state index in [2.05, 4.69) is 10.1 Å². The van der Waals surface area contributed by atoms with Crippen molar-refractivity contribution < 1.29 is 5.21 Å². The number of hydrogen-bond donors (Lipinski definition) is 1. The largest absolute Gasteiger partial charge is 0.411 e. The molecule has 0 bridgehead atoms. The molecule has 1 N–H and O–H groups in total. The van der Waals surface area contributed by atoms with Crippen LogP contribution in [0.1, 0.15) is 0 Å². The van der Waals surface area contributed by atoms with Crippen molar-refractivity contribution in [2.45, 2.75) is 5.25 Å². The third-order valence-corrected chi connectivity index (χ3v) is 1.67. The first-order chi connectivity index (χ1) is 4.43. The molecule has 0 aromatic rings. The van der Waals surface area contributed by atoms with Crippen molar-refractivity contribution in [3.63, 3.8) is 0 Å².